The third-order valence-electron chi connectivity index (χ3n) is 3.26. The van der Waals surface area contributed by atoms with Crippen molar-refractivity contribution in [3.05, 3.63) is 76.5 Å². The number of carbonyl (C=O) groups excluding carboxylic acids is 1. The van der Waals surface area contributed by atoms with Crippen molar-refractivity contribution in [3.8, 4) is 0 Å². The molecule has 3 nitrogen and oxygen atoms in total. The van der Waals surface area contributed by atoms with E-state index in [2.05, 4.69) is 10.3 Å². The van der Waals surface area contributed by atoms with Crippen molar-refractivity contribution in [2.75, 3.05) is 5.32 Å². The van der Waals surface area contributed by atoms with Crippen LogP contribution < -0.4 is 5.32 Å². The maximum atomic E-state index is 13.1. The number of aromatic nitrogens is 1. The number of anilines is 1. The standard InChI is InChI=1S/C18H15FN2OS2/c1-12-10-23-18(20-12)24-11-13-5-7-14(8-6-13)17(22)21-16-4-2-3-15(19)9-16/h2-10H,11H2,1H3,(H,21,22). The van der Waals surface area contributed by atoms with Crippen LogP contribution in [0, 0.1) is 12.7 Å². The Morgan fingerprint density at radius 2 is 2.04 bits per heavy atom. The number of carbonyl (C=O) groups is 1. The van der Waals surface area contributed by atoms with Crippen LogP contribution in [-0.4, -0.2) is 10.9 Å². The maximum Gasteiger partial charge on any atom is 0.255 e. The summed E-state index contributed by atoms with van der Waals surface area (Å²) in [5, 5.41) is 4.72. The molecule has 0 aliphatic carbocycles. The summed E-state index contributed by atoms with van der Waals surface area (Å²) >= 11 is 3.31. The number of nitrogens with one attached hydrogen (secondary N) is 1. The first-order valence-electron chi connectivity index (χ1n) is 7.31. The number of thiazole rings is 1. The van der Waals surface area contributed by atoms with Crippen molar-refractivity contribution < 1.29 is 9.18 Å². The lowest BCUT2D eigenvalue weighted by Crippen LogP contribution is -2.11. The van der Waals surface area contributed by atoms with Gasteiger partial charge in [-0.25, -0.2) is 9.37 Å². The molecule has 122 valence electrons. The topological polar surface area (TPSA) is 42.0 Å². The molecular weight excluding hydrogens is 343 g/mol. The molecule has 1 amide bonds. The highest BCUT2D eigenvalue weighted by molar-refractivity contribution is 8.00. The fourth-order valence-electron chi connectivity index (χ4n) is 2.07. The van der Waals surface area contributed by atoms with Crippen LogP contribution in [0.2, 0.25) is 0 Å². The van der Waals surface area contributed by atoms with Crippen LogP contribution in [0.4, 0.5) is 10.1 Å². The molecule has 0 bridgehead atoms. The van der Waals surface area contributed by atoms with Crippen molar-refractivity contribution in [3.63, 3.8) is 0 Å². The van der Waals surface area contributed by atoms with Crippen molar-refractivity contribution in [1.82, 2.24) is 4.98 Å². The second kappa shape index (κ2) is 7.59. The van der Waals surface area contributed by atoms with E-state index in [0.717, 1.165) is 21.3 Å². The summed E-state index contributed by atoms with van der Waals surface area (Å²) < 4.78 is 14.2. The fraction of sp³-hybridized carbons (Fsp3) is 0.111. The van der Waals surface area contributed by atoms with Crippen LogP contribution in [-0.2, 0) is 5.75 Å². The Morgan fingerprint density at radius 1 is 1.25 bits per heavy atom. The summed E-state index contributed by atoms with van der Waals surface area (Å²) in [6, 6.07) is 13.2. The molecule has 0 saturated heterocycles. The van der Waals surface area contributed by atoms with Gasteiger partial charge in [0.25, 0.3) is 5.91 Å². The van der Waals surface area contributed by atoms with Crippen molar-refractivity contribution in [1.29, 1.82) is 0 Å². The van der Waals surface area contributed by atoms with Gasteiger partial charge in [0, 0.05) is 28.1 Å². The molecule has 24 heavy (non-hydrogen) atoms. The van der Waals surface area contributed by atoms with Gasteiger partial charge in [-0.1, -0.05) is 30.0 Å². The van der Waals surface area contributed by atoms with Crippen LogP contribution in [0.3, 0.4) is 0 Å². The molecule has 1 N–H and O–H groups in total. The minimum Gasteiger partial charge on any atom is -0.322 e. The zero-order valence-corrected chi connectivity index (χ0v) is 14.6. The Kier molecular flexibility index (Phi) is 5.27. The van der Waals surface area contributed by atoms with Crippen LogP contribution >= 0.6 is 23.1 Å². The quantitative estimate of drug-likeness (QED) is 0.643. The van der Waals surface area contributed by atoms with Gasteiger partial charge in [-0.15, -0.1) is 11.3 Å². The summed E-state index contributed by atoms with van der Waals surface area (Å²) in [6.45, 7) is 1.98. The molecule has 0 saturated carbocycles. The third kappa shape index (κ3) is 4.43. The second-order valence-electron chi connectivity index (χ2n) is 5.20. The van der Waals surface area contributed by atoms with Crippen molar-refractivity contribution >= 4 is 34.7 Å². The van der Waals surface area contributed by atoms with E-state index in [1.807, 2.05) is 24.4 Å². The minimum absolute atomic E-state index is 0.254. The lowest BCUT2D eigenvalue weighted by atomic mass is 10.1. The molecule has 0 spiro atoms. The average molecular weight is 358 g/mol. The summed E-state index contributed by atoms with van der Waals surface area (Å²) in [4.78, 5) is 16.6. The number of thioether (sulfide) groups is 1. The Balaban J connectivity index is 1.60. The van der Waals surface area contributed by atoms with Crippen molar-refractivity contribution in [2.24, 2.45) is 0 Å². The number of rotatable bonds is 5. The first-order chi connectivity index (χ1) is 11.6. The molecule has 3 rings (SSSR count). The third-order valence-corrected chi connectivity index (χ3v) is 5.47. The summed E-state index contributed by atoms with van der Waals surface area (Å²) in [5.41, 5.74) is 3.14. The van der Waals surface area contributed by atoms with E-state index in [1.165, 1.54) is 12.1 Å². The summed E-state index contributed by atoms with van der Waals surface area (Å²) in [7, 11) is 0. The zero-order valence-electron chi connectivity index (χ0n) is 13.0. The highest BCUT2D eigenvalue weighted by atomic mass is 32.2. The first-order valence-corrected chi connectivity index (χ1v) is 9.17. The predicted octanol–water partition coefficient (Wildman–Crippen LogP) is 5.14. The second-order valence-corrected chi connectivity index (χ2v) is 7.29. The predicted molar refractivity (Wildman–Crippen MR) is 97.2 cm³/mol. The number of benzene rings is 2. The number of nitrogens with zero attached hydrogens (tertiary/aromatic N) is 1. The Labute approximate surface area is 148 Å². The largest absolute Gasteiger partial charge is 0.322 e. The first kappa shape index (κ1) is 16.7. The molecule has 2 aromatic carbocycles. The number of hydrogen-bond acceptors (Lipinski definition) is 4. The van der Waals surface area contributed by atoms with Gasteiger partial charge < -0.3 is 5.32 Å². The maximum absolute atomic E-state index is 13.1. The smallest absolute Gasteiger partial charge is 0.255 e. The normalized spacial score (nSPS) is 10.6. The zero-order chi connectivity index (χ0) is 16.9. The van der Waals surface area contributed by atoms with Gasteiger partial charge in [0.15, 0.2) is 0 Å². The van der Waals surface area contributed by atoms with Crippen LogP contribution in [0.25, 0.3) is 0 Å². The summed E-state index contributed by atoms with van der Waals surface area (Å²) in [5.74, 6) is 0.173. The highest BCUT2D eigenvalue weighted by Crippen LogP contribution is 2.26. The Bertz CT molecular complexity index is 846. The molecule has 0 atom stereocenters. The lowest BCUT2D eigenvalue weighted by molar-refractivity contribution is 0.102. The molecule has 0 radical (unpaired) electrons. The van der Waals surface area contributed by atoms with Crippen LogP contribution in [0.5, 0.6) is 0 Å². The molecule has 6 heteroatoms. The molecule has 0 unspecified atom stereocenters. The SMILES string of the molecule is Cc1csc(SCc2ccc(C(=O)Nc3cccc(F)c3)cc2)n1. The van der Waals surface area contributed by atoms with Gasteiger partial charge >= 0.3 is 0 Å². The van der Waals surface area contributed by atoms with E-state index in [9.17, 15) is 9.18 Å². The van der Waals surface area contributed by atoms with Crippen LogP contribution in [0.15, 0.2) is 58.3 Å². The van der Waals surface area contributed by atoms with Crippen LogP contribution in [0.1, 0.15) is 21.6 Å². The Hall–Kier alpha value is -2.18. The number of aryl methyl sites for hydroxylation is 1. The number of hydrogen-bond donors (Lipinski definition) is 1. The molecule has 3 aromatic rings. The van der Waals surface area contributed by atoms with E-state index < -0.39 is 0 Å². The van der Waals surface area contributed by atoms with Gasteiger partial charge in [-0.3, -0.25) is 4.79 Å². The molecule has 1 aromatic heterocycles. The lowest BCUT2D eigenvalue weighted by Gasteiger charge is -2.06. The van der Waals surface area contributed by atoms with E-state index in [4.69, 9.17) is 0 Å². The molecule has 0 aliphatic rings. The van der Waals surface area contributed by atoms with E-state index in [-0.39, 0.29) is 11.7 Å². The molecule has 0 aliphatic heterocycles. The average Bonchev–Trinajstić information content (AvgIpc) is 2.99. The summed E-state index contributed by atoms with van der Waals surface area (Å²) in [6.07, 6.45) is 0. The fourth-order valence-corrected chi connectivity index (χ4v) is 3.87. The monoisotopic (exact) mass is 358 g/mol. The van der Waals surface area contributed by atoms with E-state index >= 15 is 0 Å². The highest BCUT2D eigenvalue weighted by Gasteiger charge is 2.07. The van der Waals surface area contributed by atoms with Gasteiger partial charge in [0.2, 0.25) is 0 Å². The van der Waals surface area contributed by atoms with Crippen molar-refractivity contribution in [2.45, 2.75) is 17.0 Å². The minimum atomic E-state index is -0.377. The van der Waals surface area contributed by atoms with E-state index in [1.54, 1.807) is 47.4 Å². The number of halogens is 1. The van der Waals surface area contributed by atoms with E-state index in [0.29, 0.717) is 11.3 Å². The van der Waals surface area contributed by atoms with Gasteiger partial charge in [0.05, 0.1) is 0 Å². The van der Waals surface area contributed by atoms with Gasteiger partial charge in [-0.2, -0.15) is 0 Å². The molecular formula is C18H15FN2OS2. The number of amides is 1. The molecule has 0 fully saturated rings. The van der Waals surface area contributed by atoms with Gasteiger partial charge in [0.1, 0.15) is 10.2 Å². The van der Waals surface area contributed by atoms with Gasteiger partial charge in [-0.05, 0) is 42.8 Å². The Morgan fingerprint density at radius 3 is 2.71 bits per heavy atom. The molecule has 1 heterocycles.